The van der Waals surface area contributed by atoms with Gasteiger partial charge in [0.2, 0.25) is 0 Å². The Kier molecular flexibility index (Phi) is 6.96. The summed E-state index contributed by atoms with van der Waals surface area (Å²) in [5.74, 6) is 1.20. The van der Waals surface area contributed by atoms with Crippen molar-refractivity contribution in [2.45, 2.75) is 19.8 Å². The van der Waals surface area contributed by atoms with Crippen molar-refractivity contribution >= 4 is 5.96 Å². The van der Waals surface area contributed by atoms with E-state index in [1.807, 2.05) is 0 Å². The van der Waals surface area contributed by atoms with Crippen LogP contribution in [-0.4, -0.2) is 57.3 Å². The van der Waals surface area contributed by atoms with Crippen LogP contribution >= 0.6 is 0 Å². The fraction of sp³-hybridized carbons (Fsp3) is 0.917. The van der Waals surface area contributed by atoms with Gasteiger partial charge >= 0.3 is 0 Å². The van der Waals surface area contributed by atoms with E-state index in [-0.39, 0.29) is 0 Å². The molecule has 1 aliphatic heterocycles. The van der Waals surface area contributed by atoms with Crippen LogP contribution in [0.2, 0.25) is 0 Å². The van der Waals surface area contributed by atoms with Crippen molar-refractivity contribution in [2.75, 3.05) is 46.4 Å². The van der Waals surface area contributed by atoms with Gasteiger partial charge in [0.15, 0.2) is 5.96 Å². The van der Waals surface area contributed by atoms with E-state index in [0.29, 0.717) is 18.5 Å². The maximum absolute atomic E-state index is 5.77. The number of hydrogen-bond acceptors (Lipinski definition) is 3. The molecule has 1 saturated heterocycles. The number of nitrogens with two attached hydrogens (primary N) is 1. The van der Waals surface area contributed by atoms with E-state index in [9.17, 15) is 0 Å². The molecule has 0 radical (unpaired) electrons. The summed E-state index contributed by atoms with van der Waals surface area (Å²) in [6.45, 7) is 7.96. The summed E-state index contributed by atoms with van der Waals surface area (Å²) < 4.78 is 4.94. The Morgan fingerprint density at radius 1 is 1.59 bits per heavy atom. The Bertz CT molecular complexity index is 233. The van der Waals surface area contributed by atoms with E-state index in [1.165, 1.54) is 19.4 Å². The Labute approximate surface area is 104 Å². The molecule has 1 rings (SSSR count). The van der Waals surface area contributed by atoms with Gasteiger partial charge in [-0.1, -0.05) is 6.92 Å². The van der Waals surface area contributed by atoms with Gasteiger partial charge in [0.05, 0.1) is 6.61 Å². The number of piperidine rings is 1. The maximum atomic E-state index is 5.77. The summed E-state index contributed by atoms with van der Waals surface area (Å²) in [6.07, 6.45) is 2.55. The number of ether oxygens (including phenoxy) is 1. The van der Waals surface area contributed by atoms with Gasteiger partial charge < -0.3 is 20.7 Å². The Hall–Kier alpha value is -0.810. The van der Waals surface area contributed by atoms with Crippen LogP contribution in [0.15, 0.2) is 4.99 Å². The van der Waals surface area contributed by atoms with E-state index in [2.05, 4.69) is 22.1 Å². The van der Waals surface area contributed by atoms with Crippen molar-refractivity contribution < 1.29 is 4.74 Å². The number of methoxy groups -OCH3 is 1. The maximum Gasteiger partial charge on any atom is 0.188 e. The molecule has 0 unspecified atom stereocenters. The van der Waals surface area contributed by atoms with Crippen molar-refractivity contribution in [1.82, 2.24) is 10.2 Å². The molecule has 1 aliphatic rings. The second kappa shape index (κ2) is 8.31. The first-order valence-electron chi connectivity index (χ1n) is 6.51. The fourth-order valence-electron chi connectivity index (χ4n) is 2.15. The summed E-state index contributed by atoms with van der Waals surface area (Å²) in [7, 11) is 1.68. The highest BCUT2D eigenvalue weighted by molar-refractivity contribution is 5.77. The highest BCUT2D eigenvalue weighted by Crippen LogP contribution is 2.16. The fourth-order valence-corrected chi connectivity index (χ4v) is 2.15. The molecule has 1 heterocycles. The van der Waals surface area contributed by atoms with Crippen molar-refractivity contribution in [1.29, 1.82) is 0 Å². The summed E-state index contributed by atoms with van der Waals surface area (Å²) in [5, 5.41) is 3.04. The topological polar surface area (TPSA) is 62.9 Å². The monoisotopic (exact) mass is 242 g/mol. The number of hydrogen-bond donors (Lipinski definition) is 2. The molecule has 5 nitrogen and oxygen atoms in total. The Morgan fingerprint density at radius 3 is 3.12 bits per heavy atom. The van der Waals surface area contributed by atoms with Gasteiger partial charge in [-0.2, -0.15) is 0 Å². The lowest BCUT2D eigenvalue weighted by Crippen LogP contribution is -2.38. The minimum Gasteiger partial charge on any atom is -0.383 e. The van der Waals surface area contributed by atoms with E-state index < -0.39 is 0 Å². The average molecular weight is 242 g/mol. The van der Waals surface area contributed by atoms with Gasteiger partial charge in [-0.05, 0) is 31.8 Å². The van der Waals surface area contributed by atoms with Gasteiger partial charge in [0, 0.05) is 26.7 Å². The zero-order valence-electron chi connectivity index (χ0n) is 11.1. The van der Waals surface area contributed by atoms with Crippen LogP contribution in [0.5, 0.6) is 0 Å². The van der Waals surface area contributed by atoms with E-state index >= 15 is 0 Å². The van der Waals surface area contributed by atoms with Gasteiger partial charge in [0.25, 0.3) is 0 Å². The molecule has 100 valence electrons. The van der Waals surface area contributed by atoms with E-state index in [1.54, 1.807) is 7.11 Å². The molecule has 1 atom stereocenters. The molecule has 0 aromatic carbocycles. The van der Waals surface area contributed by atoms with Crippen LogP contribution in [0.4, 0.5) is 0 Å². The quantitative estimate of drug-likeness (QED) is 0.399. The normalized spacial score (nSPS) is 22.7. The molecule has 5 heteroatoms. The number of guanidine groups is 1. The lowest BCUT2D eigenvalue weighted by Gasteiger charge is -2.30. The molecule has 17 heavy (non-hydrogen) atoms. The molecule has 0 spiro atoms. The first-order valence-corrected chi connectivity index (χ1v) is 6.51. The highest BCUT2D eigenvalue weighted by Gasteiger charge is 2.17. The average Bonchev–Trinajstić information content (AvgIpc) is 2.37. The second-order valence-corrected chi connectivity index (χ2v) is 4.55. The zero-order valence-corrected chi connectivity index (χ0v) is 11.1. The summed E-state index contributed by atoms with van der Waals surface area (Å²) >= 11 is 0. The Morgan fingerprint density at radius 2 is 2.41 bits per heavy atom. The van der Waals surface area contributed by atoms with Crippen LogP contribution < -0.4 is 11.1 Å². The van der Waals surface area contributed by atoms with Crippen molar-refractivity contribution in [3.05, 3.63) is 0 Å². The number of aliphatic imine (C=N–C) groups is 1. The zero-order chi connectivity index (χ0) is 12.5. The predicted octanol–water partition coefficient (Wildman–Crippen LogP) is 0.269. The minimum atomic E-state index is 0.538. The third-order valence-electron chi connectivity index (χ3n) is 3.18. The summed E-state index contributed by atoms with van der Waals surface area (Å²) in [6, 6.07) is 0. The van der Waals surface area contributed by atoms with Gasteiger partial charge in [-0.3, -0.25) is 4.99 Å². The lowest BCUT2D eigenvalue weighted by molar-refractivity contribution is 0.186. The number of rotatable bonds is 6. The SMILES string of the molecule is CCN1CCC[C@H](CN=C(N)NCCOC)C1. The van der Waals surface area contributed by atoms with Crippen LogP contribution in [0.3, 0.4) is 0 Å². The van der Waals surface area contributed by atoms with Crippen molar-refractivity contribution in [2.24, 2.45) is 16.6 Å². The molecular weight excluding hydrogens is 216 g/mol. The summed E-state index contributed by atoms with van der Waals surface area (Å²) in [5.41, 5.74) is 5.77. The molecule has 0 aliphatic carbocycles. The molecule has 1 fully saturated rings. The number of nitrogens with zero attached hydrogens (tertiary/aromatic N) is 2. The molecule has 0 bridgehead atoms. The first-order chi connectivity index (χ1) is 8.26. The lowest BCUT2D eigenvalue weighted by atomic mass is 9.98. The molecule has 0 aromatic rings. The summed E-state index contributed by atoms with van der Waals surface area (Å²) in [4.78, 5) is 6.87. The van der Waals surface area contributed by atoms with Crippen LogP contribution in [0.1, 0.15) is 19.8 Å². The standard InChI is InChI=1S/C12H26N4O/c1-3-16-7-4-5-11(10-16)9-15-12(13)14-6-8-17-2/h11H,3-10H2,1-2H3,(H3,13,14,15)/t11-/m1/s1. The number of nitrogens with one attached hydrogen (secondary N) is 1. The molecular formula is C12H26N4O. The van der Waals surface area contributed by atoms with E-state index in [0.717, 1.165) is 26.2 Å². The van der Waals surface area contributed by atoms with Gasteiger partial charge in [-0.25, -0.2) is 0 Å². The second-order valence-electron chi connectivity index (χ2n) is 4.55. The third kappa shape index (κ3) is 5.89. The van der Waals surface area contributed by atoms with Gasteiger partial charge in [-0.15, -0.1) is 0 Å². The molecule has 0 aromatic heterocycles. The first kappa shape index (κ1) is 14.3. The van der Waals surface area contributed by atoms with Crippen LogP contribution in [0.25, 0.3) is 0 Å². The van der Waals surface area contributed by atoms with Crippen molar-refractivity contribution in [3.63, 3.8) is 0 Å². The van der Waals surface area contributed by atoms with Gasteiger partial charge in [0.1, 0.15) is 0 Å². The van der Waals surface area contributed by atoms with Crippen LogP contribution in [-0.2, 0) is 4.74 Å². The third-order valence-corrected chi connectivity index (χ3v) is 3.18. The van der Waals surface area contributed by atoms with Crippen molar-refractivity contribution in [3.8, 4) is 0 Å². The highest BCUT2D eigenvalue weighted by atomic mass is 16.5. The molecule has 3 N–H and O–H groups in total. The molecule has 0 saturated carbocycles. The smallest absolute Gasteiger partial charge is 0.188 e. The van der Waals surface area contributed by atoms with E-state index in [4.69, 9.17) is 10.5 Å². The molecule has 0 amide bonds. The number of likely N-dealkylation sites (tertiary alicyclic amines) is 1. The largest absolute Gasteiger partial charge is 0.383 e. The minimum absolute atomic E-state index is 0.538. The van der Waals surface area contributed by atoms with Crippen LogP contribution in [0, 0.1) is 5.92 Å². The predicted molar refractivity (Wildman–Crippen MR) is 71.2 cm³/mol. The Balaban J connectivity index is 2.21.